The lowest BCUT2D eigenvalue weighted by atomic mass is 9.78. The quantitative estimate of drug-likeness (QED) is 0.722. The van der Waals surface area contributed by atoms with Crippen LogP contribution >= 0.6 is 0 Å². The molecule has 2 aliphatic rings. The summed E-state index contributed by atoms with van der Waals surface area (Å²) >= 11 is 0. The van der Waals surface area contributed by atoms with Crippen LogP contribution in [-0.2, 0) is 0 Å². The molecule has 0 spiro atoms. The van der Waals surface area contributed by atoms with Gasteiger partial charge in [0.1, 0.15) is 17.7 Å². The Balaban J connectivity index is 1.32. The number of hydrogen-bond donors (Lipinski definition) is 1. The highest BCUT2D eigenvalue weighted by molar-refractivity contribution is 5.62. The van der Waals surface area contributed by atoms with E-state index in [4.69, 9.17) is 9.26 Å². The predicted molar refractivity (Wildman–Crippen MR) is 105 cm³/mol. The lowest BCUT2D eigenvalue weighted by Gasteiger charge is -2.35. The highest BCUT2D eigenvalue weighted by Crippen LogP contribution is 2.40. The van der Waals surface area contributed by atoms with Crippen LogP contribution < -0.4 is 9.64 Å². The third-order valence-electron chi connectivity index (χ3n) is 5.88. The van der Waals surface area contributed by atoms with E-state index in [0.717, 1.165) is 30.9 Å². The first kappa shape index (κ1) is 18.1. The standard InChI is InChI=1S/C21H23N5O3/c1-13-24-21(29-25-13)16-4-2-3-5-18(16)28-19-9-15-12-26(11-14(15)8-17(19)27)20-10-22-6-7-23-20/h2-7,10,14-15,17,19,27H,8-9,11-12H2,1H3/t14-,15+,17+,19+/m0/s1. The molecule has 1 saturated carbocycles. The Morgan fingerprint density at radius 2 is 1.97 bits per heavy atom. The van der Waals surface area contributed by atoms with Crippen molar-refractivity contribution in [1.29, 1.82) is 0 Å². The fraction of sp³-hybridized carbons (Fsp3) is 0.429. The van der Waals surface area contributed by atoms with E-state index < -0.39 is 6.10 Å². The van der Waals surface area contributed by atoms with Crippen molar-refractivity contribution in [3.05, 3.63) is 48.7 Å². The number of fused-ring (bicyclic) bond motifs is 1. The van der Waals surface area contributed by atoms with Crippen molar-refractivity contribution in [2.24, 2.45) is 11.8 Å². The molecule has 0 unspecified atom stereocenters. The smallest absolute Gasteiger partial charge is 0.261 e. The van der Waals surface area contributed by atoms with Crippen molar-refractivity contribution >= 4 is 5.82 Å². The van der Waals surface area contributed by atoms with Crippen molar-refractivity contribution < 1.29 is 14.4 Å². The van der Waals surface area contributed by atoms with Crippen LogP contribution in [-0.4, -0.2) is 50.5 Å². The Morgan fingerprint density at radius 1 is 1.14 bits per heavy atom. The molecule has 5 rings (SSSR count). The molecule has 0 bridgehead atoms. The molecule has 2 aromatic heterocycles. The minimum Gasteiger partial charge on any atom is -0.487 e. The Morgan fingerprint density at radius 3 is 2.72 bits per heavy atom. The van der Waals surface area contributed by atoms with Crippen LogP contribution in [0.4, 0.5) is 5.82 Å². The fourth-order valence-electron chi connectivity index (χ4n) is 4.47. The number of rotatable bonds is 4. The number of aryl methyl sites for hydroxylation is 1. The molecule has 1 aliphatic heterocycles. The number of aliphatic hydroxyl groups is 1. The van der Waals surface area contributed by atoms with Crippen LogP contribution in [0.25, 0.3) is 11.5 Å². The molecule has 8 heteroatoms. The molecule has 4 atom stereocenters. The normalized spacial score (nSPS) is 26.3. The summed E-state index contributed by atoms with van der Waals surface area (Å²) in [5, 5.41) is 14.6. The fourth-order valence-corrected chi connectivity index (χ4v) is 4.47. The van der Waals surface area contributed by atoms with Gasteiger partial charge in [-0.15, -0.1) is 0 Å². The average molecular weight is 393 g/mol. The van der Waals surface area contributed by atoms with E-state index in [1.165, 1.54) is 0 Å². The minimum absolute atomic E-state index is 0.275. The van der Waals surface area contributed by atoms with E-state index in [2.05, 4.69) is 25.0 Å². The zero-order chi connectivity index (χ0) is 19.8. The van der Waals surface area contributed by atoms with Crippen LogP contribution in [0.3, 0.4) is 0 Å². The van der Waals surface area contributed by atoms with Gasteiger partial charge in [0.05, 0.1) is 17.9 Å². The number of nitrogens with zero attached hydrogens (tertiary/aromatic N) is 5. The topological polar surface area (TPSA) is 97.4 Å². The maximum absolute atomic E-state index is 10.8. The van der Waals surface area contributed by atoms with Crippen molar-refractivity contribution in [3.63, 3.8) is 0 Å². The van der Waals surface area contributed by atoms with Gasteiger partial charge < -0.3 is 19.3 Å². The van der Waals surface area contributed by atoms with Crippen LogP contribution in [0.15, 0.2) is 47.4 Å². The average Bonchev–Trinajstić information content (AvgIpc) is 3.35. The summed E-state index contributed by atoms with van der Waals surface area (Å²) in [6.07, 6.45) is 5.91. The third-order valence-corrected chi connectivity index (χ3v) is 5.88. The summed E-state index contributed by atoms with van der Waals surface area (Å²) < 4.78 is 11.6. The molecule has 2 fully saturated rings. The molecule has 8 nitrogen and oxygen atoms in total. The number of aromatic nitrogens is 4. The number of hydrogen-bond acceptors (Lipinski definition) is 8. The summed E-state index contributed by atoms with van der Waals surface area (Å²) in [4.78, 5) is 15.2. The number of benzene rings is 1. The summed E-state index contributed by atoms with van der Waals surface area (Å²) in [5.41, 5.74) is 0.745. The SMILES string of the molecule is Cc1noc(-c2ccccc2O[C@@H]2C[C@@H]3CN(c4cnccn4)C[C@@H]3C[C@H]2O)n1. The predicted octanol–water partition coefficient (Wildman–Crippen LogP) is 2.49. The first-order valence-corrected chi connectivity index (χ1v) is 9.93. The number of ether oxygens (including phenoxy) is 1. The first-order chi connectivity index (χ1) is 14.2. The Bertz CT molecular complexity index is 979. The molecule has 1 aromatic carbocycles. The lowest BCUT2D eigenvalue weighted by molar-refractivity contribution is -0.0229. The lowest BCUT2D eigenvalue weighted by Crippen LogP contribution is -2.42. The molecule has 1 aliphatic carbocycles. The van der Waals surface area contributed by atoms with E-state index >= 15 is 0 Å². The van der Waals surface area contributed by atoms with E-state index in [9.17, 15) is 5.11 Å². The molecular formula is C21H23N5O3. The Hall–Kier alpha value is -3.00. The second-order valence-electron chi connectivity index (χ2n) is 7.83. The zero-order valence-corrected chi connectivity index (χ0v) is 16.2. The molecular weight excluding hydrogens is 370 g/mol. The van der Waals surface area contributed by atoms with E-state index in [0.29, 0.717) is 35.7 Å². The zero-order valence-electron chi connectivity index (χ0n) is 16.2. The van der Waals surface area contributed by atoms with Crippen LogP contribution in [0.1, 0.15) is 18.7 Å². The summed E-state index contributed by atoms with van der Waals surface area (Å²) in [5.74, 6) is 3.43. The van der Waals surface area contributed by atoms with Crippen LogP contribution in [0.2, 0.25) is 0 Å². The summed E-state index contributed by atoms with van der Waals surface area (Å²) in [7, 11) is 0. The Labute approximate surface area is 168 Å². The van der Waals surface area contributed by atoms with Gasteiger partial charge in [0, 0.05) is 25.5 Å². The van der Waals surface area contributed by atoms with Crippen molar-refractivity contribution in [1.82, 2.24) is 20.1 Å². The second-order valence-corrected chi connectivity index (χ2v) is 7.83. The van der Waals surface area contributed by atoms with Gasteiger partial charge in [-0.25, -0.2) is 4.98 Å². The first-order valence-electron chi connectivity index (χ1n) is 9.93. The van der Waals surface area contributed by atoms with Gasteiger partial charge in [0.15, 0.2) is 5.82 Å². The van der Waals surface area contributed by atoms with Gasteiger partial charge in [0.2, 0.25) is 0 Å². The van der Waals surface area contributed by atoms with Crippen molar-refractivity contribution in [3.8, 4) is 17.2 Å². The monoisotopic (exact) mass is 393 g/mol. The van der Waals surface area contributed by atoms with Gasteiger partial charge in [0.25, 0.3) is 5.89 Å². The van der Waals surface area contributed by atoms with Crippen LogP contribution in [0.5, 0.6) is 5.75 Å². The van der Waals surface area contributed by atoms with Gasteiger partial charge in [-0.05, 0) is 43.7 Å². The van der Waals surface area contributed by atoms with Crippen LogP contribution in [0, 0.1) is 18.8 Å². The number of para-hydroxylation sites is 1. The Kier molecular flexibility index (Phi) is 4.63. The number of aliphatic hydroxyl groups excluding tert-OH is 1. The van der Waals surface area contributed by atoms with E-state index in [1.54, 1.807) is 25.5 Å². The van der Waals surface area contributed by atoms with Gasteiger partial charge in [-0.2, -0.15) is 4.98 Å². The highest BCUT2D eigenvalue weighted by Gasteiger charge is 2.43. The molecule has 150 valence electrons. The van der Waals surface area contributed by atoms with E-state index in [1.807, 2.05) is 24.3 Å². The molecule has 1 N–H and O–H groups in total. The highest BCUT2D eigenvalue weighted by atomic mass is 16.5. The molecule has 0 radical (unpaired) electrons. The molecule has 29 heavy (non-hydrogen) atoms. The van der Waals surface area contributed by atoms with Crippen molar-refractivity contribution in [2.75, 3.05) is 18.0 Å². The van der Waals surface area contributed by atoms with Gasteiger partial charge in [-0.1, -0.05) is 17.3 Å². The molecule has 3 heterocycles. The molecule has 3 aromatic rings. The second kappa shape index (κ2) is 7.44. The van der Waals surface area contributed by atoms with Crippen molar-refractivity contribution in [2.45, 2.75) is 32.0 Å². The molecule has 1 saturated heterocycles. The molecule has 0 amide bonds. The summed E-state index contributed by atoms with van der Waals surface area (Å²) in [6.45, 7) is 3.58. The summed E-state index contributed by atoms with van der Waals surface area (Å²) in [6, 6.07) is 7.59. The van der Waals surface area contributed by atoms with Gasteiger partial charge >= 0.3 is 0 Å². The maximum Gasteiger partial charge on any atom is 0.261 e. The van der Waals surface area contributed by atoms with E-state index in [-0.39, 0.29) is 6.10 Å². The third kappa shape index (κ3) is 3.55. The largest absolute Gasteiger partial charge is 0.487 e. The number of anilines is 1. The maximum atomic E-state index is 10.8. The van der Waals surface area contributed by atoms with Gasteiger partial charge in [-0.3, -0.25) is 4.98 Å². The minimum atomic E-state index is -0.518.